The summed E-state index contributed by atoms with van der Waals surface area (Å²) in [5.41, 5.74) is 30.7. The average Bonchev–Trinajstić information content (AvgIpc) is 1.59. The van der Waals surface area contributed by atoms with Gasteiger partial charge in [-0.25, -0.2) is 0 Å². The van der Waals surface area contributed by atoms with Crippen LogP contribution < -0.4 is 9.80 Å². The number of benzene rings is 16. The van der Waals surface area contributed by atoms with Crippen molar-refractivity contribution in [2.75, 3.05) is 16.3 Å². The van der Waals surface area contributed by atoms with E-state index >= 15 is 0 Å². The van der Waals surface area contributed by atoms with Crippen LogP contribution in [0.1, 0.15) is 5.56 Å². The number of hydrogen-bond acceptors (Lipinski definition) is 2. The molecular weight excluding hydrogens is 1260 g/mol. The third-order valence-corrected chi connectivity index (χ3v) is 21.8. The molecule has 0 atom stereocenters. The van der Waals surface area contributed by atoms with E-state index in [9.17, 15) is 0 Å². The van der Waals surface area contributed by atoms with Gasteiger partial charge in [0.1, 0.15) is 0 Å². The molecule has 6 heteroatoms. The maximum Gasteiger partial charge on any atom is 0.0547 e. The Morgan fingerprint density at radius 2 is 0.510 bits per heavy atom. The minimum atomic E-state index is 0.891. The van der Waals surface area contributed by atoms with E-state index in [4.69, 9.17) is 0 Å². The van der Waals surface area contributed by atoms with Gasteiger partial charge in [-0.2, -0.15) is 0 Å². The summed E-state index contributed by atoms with van der Waals surface area (Å²) in [6, 6.07) is 139. The quantitative estimate of drug-likeness (QED) is 0.122. The van der Waals surface area contributed by atoms with Crippen molar-refractivity contribution >= 4 is 116 Å². The monoisotopic (exact) mass is 1330 g/mol. The molecule has 0 aliphatic carbocycles. The molecule has 104 heavy (non-hydrogen) atoms. The molecule has 488 valence electrons. The summed E-state index contributed by atoms with van der Waals surface area (Å²) in [5, 5.41) is 9.82. The smallest absolute Gasteiger partial charge is 0.0547 e. The highest BCUT2D eigenvalue weighted by Crippen LogP contribution is 2.47. The number of hydrogen-bond donors (Lipinski definition) is 0. The normalized spacial score (nSPS) is 12.3. The van der Waals surface area contributed by atoms with E-state index in [1.54, 1.807) is 0 Å². The van der Waals surface area contributed by atoms with Crippen molar-refractivity contribution in [2.24, 2.45) is 0 Å². The van der Waals surface area contributed by atoms with Gasteiger partial charge in [0, 0.05) is 101 Å². The number of rotatable bonds is 12. The SMILES string of the molecule is c1ccc(N(c2ccccc2)c2ccc(-c3ccc4c(c3)c3cc5c(cc3n4-c3ccccc3)CCN5c3cccc(-c4ccc5c6cc(-c7ccc8c(c7)c7cc(-c9ccc%10c(c9)c9ccccc9n%10-c9ccccc9)ccc7n8-c7ccccc7)ccc6n(-c6ccccc6)c5c4)c3)cc2)cc1. The van der Waals surface area contributed by atoms with Crippen LogP contribution in [0.5, 0.6) is 0 Å². The van der Waals surface area contributed by atoms with Crippen LogP contribution in [0.25, 0.3) is 154 Å². The highest BCUT2D eigenvalue weighted by Gasteiger charge is 2.26. The first kappa shape index (κ1) is 59.2. The van der Waals surface area contributed by atoms with Crippen LogP contribution in [0.2, 0.25) is 0 Å². The zero-order chi connectivity index (χ0) is 68.3. The summed E-state index contributed by atoms with van der Waals surface area (Å²) in [7, 11) is 0. The highest BCUT2D eigenvalue weighted by molar-refractivity contribution is 6.16. The number of fused-ring (bicyclic) bond motifs is 13. The Hall–Kier alpha value is -13.7. The molecule has 0 bridgehead atoms. The molecule has 4 aromatic heterocycles. The Balaban J connectivity index is 0.643. The lowest BCUT2D eigenvalue weighted by Crippen LogP contribution is -2.13. The molecule has 0 spiro atoms. The Morgan fingerprint density at radius 1 is 0.192 bits per heavy atom. The first-order chi connectivity index (χ1) is 51.6. The molecule has 0 radical (unpaired) electrons. The number of aromatic nitrogens is 4. The highest BCUT2D eigenvalue weighted by atomic mass is 15.2. The van der Waals surface area contributed by atoms with Gasteiger partial charge < -0.3 is 28.1 Å². The maximum atomic E-state index is 2.54. The van der Waals surface area contributed by atoms with Gasteiger partial charge in [-0.05, 0) is 238 Å². The molecule has 5 heterocycles. The maximum absolute atomic E-state index is 2.54. The molecule has 0 saturated heterocycles. The van der Waals surface area contributed by atoms with Crippen LogP contribution in [0.15, 0.2) is 376 Å². The van der Waals surface area contributed by atoms with Crippen LogP contribution in [-0.2, 0) is 6.42 Å². The van der Waals surface area contributed by atoms with Gasteiger partial charge in [-0.3, -0.25) is 0 Å². The van der Waals surface area contributed by atoms with E-state index in [-0.39, 0.29) is 0 Å². The molecule has 6 nitrogen and oxygen atoms in total. The molecule has 21 rings (SSSR count). The Bertz CT molecular complexity index is 6710. The predicted molar refractivity (Wildman–Crippen MR) is 437 cm³/mol. The molecule has 20 aromatic rings. The van der Waals surface area contributed by atoms with Gasteiger partial charge in [-0.15, -0.1) is 0 Å². The van der Waals surface area contributed by atoms with E-state index < -0.39 is 0 Å². The minimum Gasteiger partial charge on any atom is -0.341 e. The molecule has 0 N–H and O–H groups in total. The summed E-state index contributed by atoms with van der Waals surface area (Å²) < 4.78 is 9.73. The third-order valence-electron chi connectivity index (χ3n) is 21.8. The van der Waals surface area contributed by atoms with E-state index in [1.807, 2.05) is 0 Å². The van der Waals surface area contributed by atoms with E-state index in [0.29, 0.717) is 0 Å². The van der Waals surface area contributed by atoms with Crippen LogP contribution in [-0.4, -0.2) is 24.8 Å². The predicted octanol–water partition coefficient (Wildman–Crippen LogP) is 25.9. The zero-order valence-electron chi connectivity index (χ0n) is 56.9. The second kappa shape index (κ2) is 24.0. The fraction of sp³-hybridized carbons (Fsp3) is 0.0204. The molecule has 0 amide bonds. The van der Waals surface area contributed by atoms with Crippen molar-refractivity contribution in [3.8, 4) is 67.3 Å². The first-order valence-electron chi connectivity index (χ1n) is 36.0. The Morgan fingerprint density at radius 3 is 0.981 bits per heavy atom. The van der Waals surface area contributed by atoms with Gasteiger partial charge in [0.05, 0.1) is 44.1 Å². The molecular formula is C98H66N6. The lowest BCUT2D eigenvalue weighted by molar-refractivity contribution is 0.998. The third kappa shape index (κ3) is 9.64. The van der Waals surface area contributed by atoms with Gasteiger partial charge in [-0.1, -0.05) is 194 Å². The number of para-hydroxylation sites is 7. The van der Waals surface area contributed by atoms with Crippen molar-refractivity contribution in [3.05, 3.63) is 382 Å². The second-order valence-electron chi connectivity index (χ2n) is 27.6. The van der Waals surface area contributed by atoms with Gasteiger partial charge >= 0.3 is 0 Å². The summed E-state index contributed by atoms with van der Waals surface area (Å²) >= 11 is 0. The summed E-state index contributed by atoms with van der Waals surface area (Å²) in [4.78, 5) is 4.86. The largest absolute Gasteiger partial charge is 0.341 e. The van der Waals surface area contributed by atoms with Crippen LogP contribution in [0.4, 0.5) is 28.4 Å². The Kier molecular flexibility index (Phi) is 13.7. The standard InChI is InChI=1S/C98H66N6/c1-7-23-74(24-8-1)100(75-25-9-2-10-26-75)80-46-38-65(39-47-80)67-41-49-95-88(57-67)89-64-96-73(63-98(89)104(95)79-33-17-6-18-34-79)54-55-99(96)81-35-21-22-66(56-81)72-40-48-83-85-59-69(43-51-92(85)103(97(83)62-72)78-31-15-5-16-32-78)71-45-53-94-87(61-71)86-60-70(44-52-93(86)102(94)77-29-13-4-14-30-77)68-42-50-91-84(58-68)82-36-19-20-37-90(82)101(91)76-27-11-3-12-28-76/h1-53,56-64H,54-55H2. The molecule has 0 saturated carbocycles. The van der Waals surface area contributed by atoms with Crippen LogP contribution >= 0.6 is 0 Å². The zero-order valence-corrected chi connectivity index (χ0v) is 56.9. The van der Waals surface area contributed by atoms with Gasteiger partial charge in [0.15, 0.2) is 0 Å². The molecule has 16 aromatic carbocycles. The van der Waals surface area contributed by atoms with Crippen molar-refractivity contribution in [1.29, 1.82) is 0 Å². The lowest BCUT2D eigenvalue weighted by Gasteiger charge is -2.25. The van der Waals surface area contributed by atoms with Gasteiger partial charge in [0.2, 0.25) is 0 Å². The van der Waals surface area contributed by atoms with Gasteiger partial charge in [0.25, 0.3) is 0 Å². The molecule has 1 aliphatic rings. The topological polar surface area (TPSA) is 26.2 Å². The van der Waals surface area contributed by atoms with Crippen molar-refractivity contribution < 1.29 is 0 Å². The van der Waals surface area contributed by atoms with Crippen LogP contribution in [0, 0.1) is 0 Å². The van der Waals surface area contributed by atoms with Crippen LogP contribution in [0.3, 0.4) is 0 Å². The summed E-state index contributed by atoms with van der Waals surface area (Å²) in [6.07, 6.45) is 0.949. The number of nitrogens with zero attached hydrogens (tertiary/aromatic N) is 6. The molecule has 0 unspecified atom stereocenters. The fourth-order valence-corrected chi connectivity index (χ4v) is 16.9. The average molecular weight is 1330 g/mol. The van der Waals surface area contributed by atoms with E-state index in [0.717, 1.165) is 52.8 Å². The summed E-state index contributed by atoms with van der Waals surface area (Å²) in [6.45, 7) is 0.891. The minimum absolute atomic E-state index is 0.891. The van der Waals surface area contributed by atoms with E-state index in [1.165, 1.54) is 149 Å². The summed E-state index contributed by atoms with van der Waals surface area (Å²) in [5.74, 6) is 0. The van der Waals surface area contributed by atoms with Crippen molar-refractivity contribution in [3.63, 3.8) is 0 Å². The first-order valence-corrected chi connectivity index (χ1v) is 36.0. The van der Waals surface area contributed by atoms with Crippen molar-refractivity contribution in [2.45, 2.75) is 6.42 Å². The number of anilines is 5. The Labute approximate surface area is 601 Å². The fourth-order valence-electron chi connectivity index (χ4n) is 16.9. The molecule has 1 aliphatic heterocycles. The van der Waals surface area contributed by atoms with E-state index in [2.05, 4.69) is 404 Å². The lowest BCUT2D eigenvalue weighted by atomic mass is 9.98. The second-order valence-corrected chi connectivity index (χ2v) is 27.6. The van der Waals surface area contributed by atoms with Crippen molar-refractivity contribution in [1.82, 2.24) is 18.3 Å². The molecule has 0 fully saturated rings.